The van der Waals surface area contributed by atoms with Crippen molar-refractivity contribution in [3.05, 3.63) is 48.1 Å². The lowest BCUT2D eigenvalue weighted by atomic mass is 9.76. The van der Waals surface area contributed by atoms with E-state index in [1.54, 1.807) is 12.0 Å². The van der Waals surface area contributed by atoms with E-state index in [2.05, 4.69) is 51.1 Å². The SMILES string of the molecule is CCN(C(=O)c1cc(F)ccc1Oc1nncnc1N1CCC2(C1)CN([C@H](CCCN[C@H](C)COC)C(C)C)C2)C(C)C.O=C(O)/C=C/C(=O)O. The largest absolute Gasteiger partial charge is 0.478 e. The maximum Gasteiger partial charge on any atom is 0.328 e. The second kappa shape index (κ2) is 19.4. The van der Waals surface area contributed by atoms with Gasteiger partial charge < -0.3 is 34.8 Å². The van der Waals surface area contributed by atoms with Crippen LogP contribution in [0.3, 0.4) is 0 Å². The minimum atomic E-state index is -1.26. The van der Waals surface area contributed by atoms with Gasteiger partial charge in [-0.05, 0) is 77.6 Å². The number of rotatable bonds is 17. The third-order valence-electron chi connectivity index (χ3n) is 9.18. The van der Waals surface area contributed by atoms with Crippen molar-refractivity contribution >= 4 is 23.7 Å². The maximum absolute atomic E-state index is 14.3. The van der Waals surface area contributed by atoms with E-state index in [4.69, 9.17) is 19.7 Å². The first kappa shape index (κ1) is 41.2. The molecule has 1 aromatic heterocycles. The number of methoxy groups -OCH3 is 1. The molecule has 3 N–H and O–H groups in total. The quantitative estimate of drug-likeness (QED) is 0.156. The van der Waals surface area contributed by atoms with Crippen LogP contribution in [0.5, 0.6) is 11.6 Å². The predicted molar refractivity (Wildman–Crippen MR) is 191 cm³/mol. The second-order valence-corrected chi connectivity index (χ2v) is 13.9. The number of carboxylic acid groups (broad SMARTS) is 2. The molecular formula is C36H54FN7O7. The van der Waals surface area contributed by atoms with Gasteiger partial charge in [0.1, 0.15) is 17.9 Å². The molecule has 2 fully saturated rings. The summed E-state index contributed by atoms with van der Waals surface area (Å²) in [7, 11) is 1.74. The summed E-state index contributed by atoms with van der Waals surface area (Å²) in [4.78, 5) is 43.5. The minimum Gasteiger partial charge on any atom is -0.478 e. The Balaban J connectivity index is 0.000000783. The van der Waals surface area contributed by atoms with Crippen molar-refractivity contribution in [1.82, 2.24) is 30.3 Å². The topological polar surface area (TPSA) is 171 Å². The summed E-state index contributed by atoms with van der Waals surface area (Å²) in [5.41, 5.74) is 0.360. The Morgan fingerprint density at radius 2 is 1.78 bits per heavy atom. The van der Waals surface area contributed by atoms with Crippen LogP contribution >= 0.6 is 0 Å². The van der Waals surface area contributed by atoms with Gasteiger partial charge in [0.25, 0.3) is 11.8 Å². The molecule has 0 saturated carbocycles. The third-order valence-corrected chi connectivity index (χ3v) is 9.18. The molecule has 1 amide bonds. The van der Waals surface area contributed by atoms with Crippen LogP contribution in [-0.2, 0) is 14.3 Å². The lowest BCUT2D eigenvalue weighted by Gasteiger charge is -2.53. The molecule has 15 heteroatoms. The molecule has 2 aliphatic heterocycles. The van der Waals surface area contributed by atoms with E-state index in [1.165, 1.54) is 30.9 Å². The number of likely N-dealkylation sites (tertiary alicyclic amines) is 1. The number of ether oxygens (including phenoxy) is 2. The summed E-state index contributed by atoms with van der Waals surface area (Å²) in [6.07, 6.45) is 5.91. The molecule has 3 heterocycles. The lowest BCUT2D eigenvalue weighted by Crippen LogP contribution is -2.62. The number of carbonyl (C=O) groups is 3. The first-order valence-electron chi connectivity index (χ1n) is 17.5. The zero-order chi connectivity index (χ0) is 37.7. The molecule has 14 nitrogen and oxygen atoms in total. The number of carbonyl (C=O) groups excluding carboxylic acids is 1. The van der Waals surface area contributed by atoms with Crippen molar-refractivity contribution in [2.24, 2.45) is 11.3 Å². The zero-order valence-corrected chi connectivity index (χ0v) is 30.8. The highest BCUT2D eigenvalue weighted by Gasteiger charge is 2.50. The first-order valence-corrected chi connectivity index (χ1v) is 17.5. The van der Waals surface area contributed by atoms with E-state index in [-0.39, 0.29) is 34.6 Å². The van der Waals surface area contributed by atoms with Crippen molar-refractivity contribution in [1.29, 1.82) is 0 Å². The molecule has 2 aliphatic rings. The molecule has 0 unspecified atom stereocenters. The van der Waals surface area contributed by atoms with E-state index in [9.17, 15) is 18.8 Å². The number of aliphatic carboxylic acids is 2. The molecule has 0 radical (unpaired) electrons. The minimum absolute atomic E-state index is 0.0400. The molecule has 2 aromatic rings. The molecule has 0 aliphatic carbocycles. The summed E-state index contributed by atoms with van der Waals surface area (Å²) < 4.78 is 25.7. The van der Waals surface area contributed by atoms with Gasteiger partial charge in [0.15, 0.2) is 5.82 Å². The zero-order valence-electron chi connectivity index (χ0n) is 30.8. The summed E-state index contributed by atoms with van der Waals surface area (Å²) in [6.45, 7) is 18.6. The average molecular weight is 716 g/mol. The highest BCUT2D eigenvalue weighted by molar-refractivity contribution is 5.97. The standard InChI is InChI=1S/C32H50FN7O3.C4H4O4/c1-8-40(23(4)5)31(41)26-16-25(33)11-12-28(26)43-30-29(35-21-36-37-30)38-15-13-32(18-38)19-39(20-32)27(22(2)3)10-9-14-34-24(6)17-42-7;5-3(6)1-2-4(7)8/h11-12,16,21-24,27,34H,8-10,13-15,17-20H2,1-7H3;1-2H,(H,5,6)(H,7,8)/b;2-1+/t24-,27-;/m1./s1. The lowest BCUT2D eigenvalue weighted by molar-refractivity contribution is -0.134. The fourth-order valence-corrected chi connectivity index (χ4v) is 6.77. The summed E-state index contributed by atoms with van der Waals surface area (Å²) in [5, 5.41) is 27.4. The predicted octanol–water partition coefficient (Wildman–Crippen LogP) is 4.33. The molecule has 2 atom stereocenters. The van der Waals surface area contributed by atoms with Crippen molar-refractivity contribution in [2.75, 3.05) is 57.9 Å². The number of hydrogen-bond donors (Lipinski definition) is 3. The monoisotopic (exact) mass is 715 g/mol. The number of anilines is 1. The summed E-state index contributed by atoms with van der Waals surface area (Å²) in [5.74, 6) is -1.66. The van der Waals surface area contributed by atoms with Gasteiger partial charge in [-0.15, -0.1) is 10.2 Å². The fourth-order valence-electron chi connectivity index (χ4n) is 6.77. The van der Waals surface area contributed by atoms with E-state index >= 15 is 0 Å². The number of aromatic nitrogens is 3. The Morgan fingerprint density at radius 1 is 1.10 bits per heavy atom. The van der Waals surface area contributed by atoms with Crippen molar-refractivity contribution < 1.29 is 38.5 Å². The van der Waals surface area contributed by atoms with Crippen molar-refractivity contribution in [3.8, 4) is 11.6 Å². The van der Waals surface area contributed by atoms with Crippen LogP contribution < -0.4 is 15.0 Å². The van der Waals surface area contributed by atoms with Crippen LogP contribution in [0.1, 0.15) is 71.2 Å². The molecule has 51 heavy (non-hydrogen) atoms. The Morgan fingerprint density at radius 3 is 2.37 bits per heavy atom. The number of amides is 1. The van der Waals surface area contributed by atoms with Crippen LogP contribution in [0.2, 0.25) is 0 Å². The third kappa shape index (κ3) is 11.9. The van der Waals surface area contributed by atoms with Gasteiger partial charge in [-0.1, -0.05) is 13.8 Å². The Labute approximate surface area is 300 Å². The molecule has 1 spiro atoms. The normalized spacial score (nSPS) is 16.5. The van der Waals surface area contributed by atoms with Gasteiger partial charge in [0.2, 0.25) is 0 Å². The summed E-state index contributed by atoms with van der Waals surface area (Å²) >= 11 is 0. The molecular weight excluding hydrogens is 661 g/mol. The second-order valence-electron chi connectivity index (χ2n) is 13.9. The maximum atomic E-state index is 14.3. The smallest absolute Gasteiger partial charge is 0.328 e. The first-order chi connectivity index (χ1) is 24.2. The number of nitrogens with one attached hydrogen (secondary N) is 1. The van der Waals surface area contributed by atoms with E-state index in [0.717, 1.165) is 52.2 Å². The van der Waals surface area contributed by atoms with Gasteiger partial charge in [-0.3, -0.25) is 9.69 Å². The van der Waals surface area contributed by atoms with E-state index < -0.39 is 17.8 Å². The summed E-state index contributed by atoms with van der Waals surface area (Å²) in [6, 6.07) is 4.87. The molecule has 1 aromatic carbocycles. The van der Waals surface area contributed by atoms with Crippen LogP contribution in [0.25, 0.3) is 0 Å². The van der Waals surface area contributed by atoms with Crippen LogP contribution in [0.15, 0.2) is 36.7 Å². The highest BCUT2D eigenvalue weighted by Crippen LogP contribution is 2.44. The van der Waals surface area contributed by atoms with Crippen molar-refractivity contribution in [3.63, 3.8) is 0 Å². The Bertz CT molecular complexity index is 1470. The van der Waals surface area contributed by atoms with Gasteiger partial charge >= 0.3 is 11.9 Å². The van der Waals surface area contributed by atoms with E-state index in [0.29, 0.717) is 42.5 Å². The number of benzene rings is 1. The molecule has 282 valence electrons. The average Bonchev–Trinajstić information content (AvgIpc) is 3.50. The van der Waals surface area contributed by atoms with Gasteiger partial charge in [0.05, 0.1) is 12.2 Å². The molecule has 0 bridgehead atoms. The number of hydrogen-bond acceptors (Lipinski definition) is 11. The van der Waals surface area contributed by atoms with Crippen LogP contribution in [-0.4, -0.2) is 124 Å². The van der Waals surface area contributed by atoms with Crippen LogP contribution in [0.4, 0.5) is 10.2 Å². The Hall–Kier alpha value is -4.21. The van der Waals surface area contributed by atoms with E-state index in [1.807, 2.05) is 20.8 Å². The molecule has 4 rings (SSSR count). The molecule has 2 saturated heterocycles. The Kier molecular flexibility index (Phi) is 15.7. The highest BCUT2D eigenvalue weighted by atomic mass is 19.1. The van der Waals surface area contributed by atoms with Gasteiger partial charge in [-0.25, -0.2) is 19.0 Å². The van der Waals surface area contributed by atoms with Gasteiger partial charge in [0, 0.05) is 75.5 Å². The number of nitrogens with zero attached hydrogens (tertiary/aromatic N) is 6. The van der Waals surface area contributed by atoms with Gasteiger partial charge in [-0.2, -0.15) is 0 Å². The number of carboxylic acids is 2. The number of halogens is 1. The van der Waals surface area contributed by atoms with Crippen LogP contribution in [0, 0.1) is 17.2 Å². The fraction of sp³-hybridized carbons (Fsp3) is 0.611. The van der Waals surface area contributed by atoms with Crippen molar-refractivity contribution in [2.45, 2.75) is 78.9 Å².